The lowest BCUT2D eigenvalue weighted by Gasteiger charge is -2.12. The summed E-state index contributed by atoms with van der Waals surface area (Å²) in [6.07, 6.45) is 1.78. The highest BCUT2D eigenvalue weighted by Crippen LogP contribution is 2.23. The quantitative estimate of drug-likeness (QED) is 0.749. The van der Waals surface area contributed by atoms with E-state index in [1.54, 1.807) is 6.08 Å². The van der Waals surface area contributed by atoms with Crippen LogP contribution in [0.15, 0.2) is 24.8 Å². The maximum atomic E-state index is 9.09. The minimum absolute atomic E-state index is 0.0575. The van der Waals surface area contributed by atoms with E-state index in [4.69, 9.17) is 5.11 Å². The van der Waals surface area contributed by atoms with Crippen LogP contribution in [0, 0.1) is 6.92 Å². The van der Waals surface area contributed by atoms with Crippen LogP contribution in [0.5, 0.6) is 0 Å². The molecule has 0 heterocycles. The molecule has 0 saturated heterocycles. The molecule has 13 heavy (non-hydrogen) atoms. The van der Waals surface area contributed by atoms with Gasteiger partial charge in [0.15, 0.2) is 0 Å². The molecule has 1 atom stereocenters. The molecule has 1 aromatic rings. The van der Waals surface area contributed by atoms with Crippen molar-refractivity contribution in [3.05, 3.63) is 48.4 Å². The lowest BCUT2D eigenvalue weighted by atomic mass is 9.93. The van der Waals surface area contributed by atoms with Crippen LogP contribution in [0.25, 0.3) is 6.08 Å². The van der Waals surface area contributed by atoms with Crippen molar-refractivity contribution in [3.63, 3.8) is 0 Å². The van der Waals surface area contributed by atoms with E-state index in [0.29, 0.717) is 0 Å². The zero-order chi connectivity index (χ0) is 9.84. The Bertz CT molecular complexity index is 300. The largest absolute Gasteiger partial charge is 0.392 e. The zero-order valence-electron chi connectivity index (χ0n) is 7.96. The Hall–Kier alpha value is -1.08. The molecule has 1 rings (SSSR count). The third-order valence-electron chi connectivity index (χ3n) is 2.14. The average molecular weight is 175 g/mol. The lowest BCUT2D eigenvalue weighted by molar-refractivity contribution is 0.281. The predicted octanol–water partition coefficient (Wildman–Crippen LogP) is 2.76. The summed E-state index contributed by atoms with van der Waals surface area (Å²) in [4.78, 5) is 0. The fraction of sp³-hybridized carbons (Fsp3) is 0.250. The highest BCUT2D eigenvalue weighted by molar-refractivity contribution is 5.57. The molecule has 69 valence electrons. The molecule has 0 bridgehead atoms. The maximum Gasteiger partial charge on any atom is 0.0687 e. The van der Waals surface area contributed by atoms with E-state index in [9.17, 15) is 0 Å². The van der Waals surface area contributed by atoms with Crippen molar-refractivity contribution in [2.45, 2.75) is 19.4 Å². The molecule has 1 unspecified atom stereocenters. The Morgan fingerprint density at radius 3 is 2.69 bits per heavy atom. The summed E-state index contributed by atoms with van der Waals surface area (Å²) >= 11 is 0. The molecule has 1 radical (unpaired) electrons. The molecule has 0 aromatic heterocycles. The summed E-state index contributed by atoms with van der Waals surface area (Å²) in [6.45, 7) is 9.80. The van der Waals surface area contributed by atoms with Crippen molar-refractivity contribution in [2.75, 3.05) is 0 Å². The summed E-state index contributed by atoms with van der Waals surface area (Å²) in [5.41, 5.74) is 3.08. The predicted molar refractivity (Wildman–Crippen MR) is 56.2 cm³/mol. The van der Waals surface area contributed by atoms with Gasteiger partial charge in [0.25, 0.3) is 0 Å². The van der Waals surface area contributed by atoms with Gasteiger partial charge in [-0.1, -0.05) is 37.8 Å². The third-order valence-corrected chi connectivity index (χ3v) is 2.14. The van der Waals surface area contributed by atoms with Crippen LogP contribution in [-0.4, -0.2) is 5.11 Å². The first kappa shape index (κ1) is 10.0. The van der Waals surface area contributed by atoms with Crippen molar-refractivity contribution in [1.82, 2.24) is 0 Å². The summed E-state index contributed by atoms with van der Waals surface area (Å²) in [5, 5.41) is 9.09. The summed E-state index contributed by atoms with van der Waals surface area (Å²) in [6, 6.07) is 5.87. The van der Waals surface area contributed by atoms with E-state index in [1.165, 1.54) is 0 Å². The van der Waals surface area contributed by atoms with Gasteiger partial charge in [0.05, 0.1) is 6.61 Å². The Morgan fingerprint density at radius 2 is 2.23 bits per heavy atom. The standard InChI is InChI=1S/C12H15O/c1-4-11-10(8-13)6-5-7-12(11)9(2)3/h4-7,9,13H,1-2,8H2,3H3. The van der Waals surface area contributed by atoms with Crippen LogP contribution in [-0.2, 0) is 6.61 Å². The van der Waals surface area contributed by atoms with E-state index >= 15 is 0 Å². The van der Waals surface area contributed by atoms with E-state index in [-0.39, 0.29) is 12.5 Å². The number of aliphatic hydroxyl groups is 1. The van der Waals surface area contributed by atoms with Crippen LogP contribution in [0.2, 0.25) is 0 Å². The van der Waals surface area contributed by atoms with E-state index in [2.05, 4.69) is 13.5 Å². The van der Waals surface area contributed by atoms with Crippen molar-refractivity contribution in [2.24, 2.45) is 0 Å². The average Bonchev–Trinajstić information content (AvgIpc) is 2.16. The molecule has 1 aromatic carbocycles. The van der Waals surface area contributed by atoms with Crippen molar-refractivity contribution in [1.29, 1.82) is 0 Å². The lowest BCUT2D eigenvalue weighted by Crippen LogP contribution is -1.97. The molecule has 1 N–H and O–H groups in total. The van der Waals surface area contributed by atoms with Gasteiger partial charge in [0.1, 0.15) is 0 Å². The van der Waals surface area contributed by atoms with Gasteiger partial charge in [-0.15, -0.1) is 0 Å². The third kappa shape index (κ3) is 1.99. The first-order valence-electron chi connectivity index (χ1n) is 4.38. The zero-order valence-corrected chi connectivity index (χ0v) is 7.96. The van der Waals surface area contributed by atoms with Gasteiger partial charge in [-0.3, -0.25) is 0 Å². The SMILES string of the molecule is [CH2]C(C)c1cccc(CO)c1C=C. The summed E-state index contributed by atoms with van der Waals surface area (Å²) in [7, 11) is 0. The molecule has 0 fully saturated rings. The minimum atomic E-state index is 0.0575. The molecule has 0 spiro atoms. The fourth-order valence-electron chi connectivity index (χ4n) is 1.45. The van der Waals surface area contributed by atoms with Gasteiger partial charge in [0.2, 0.25) is 0 Å². The van der Waals surface area contributed by atoms with Gasteiger partial charge < -0.3 is 5.11 Å². The number of hydrogen-bond donors (Lipinski definition) is 1. The number of rotatable bonds is 3. The Labute approximate surface area is 79.7 Å². The second-order valence-electron chi connectivity index (χ2n) is 3.18. The molecule has 1 nitrogen and oxygen atoms in total. The smallest absolute Gasteiger partial charge is 0.0687 e. The van der Waals surface area contributed by atoms with Gasteiger partial charge in [-0.25, -0.2) is 0 Å². The normalized spacial score (nSPS) is 10.5. The van der Waals surface area contributed by atoms with E-state index < -0.39 is 0 Å². The van der Waals surface area contributed by atoms with Crippen molar-refractivity contribution >= 4 is 6.08 Å². The number of aliphatic hydroxyl groups excluding tert-OH is 1. The van der Waals surface area contributed by atoms with Crippen LogP contribution >= 0.6 is 0 Å². The van der Waals surface area contributed by atoms with Crippen molar-refractivity contribution < 1.29 is 5.11 Å². The van der Waals surface area contributed by atoms with Gasteiger partial charge in [-0.2, -0.15) is 0 Å². The highest BCUT2D eigenvalue weighted by atomic mass is 16.3. The Kier molecular flexibility index (Phi) is 3.26. The van der Waals surface area contributed by atoms with E-state index in [1.807, 2.05) is 25.1 Å². The fourth-order valence-corrected chi connectivity index (χ4v) is 1.45. The minimum Gasteiger partial charge on any atom is -0.392 e. The molecule has 0 aliphatic rings. The molecule has 0 aliphatic carbocycles. The van der Waals surface area contributed by atoms with Gasteiger partial charge in [0, 0.05) is 0 Å². The molecule has 0 amide bonds. The molecule has 1 heteroatoms. The molecular formula is C12H15O. The molecule has 0 aliphatic heterocycles. The summed E-state index contributed by atoms with van der Waals surface area (Å²) < 4.78 is 0. The number of hydrogen-bond acceptors (Lipinski definition) is 1. The van der Waals surface area contributed by atoms with Gasteiger partial charge >= 0.3 is 0 Å². The van der Waals surface area contributed by atoms with Crippen LogP contribution < -0.4 is 0 Å². The monoisotopic (exact) mass is 175 g/mol. The van der Waals surface area contributed by atoms with Crippen LogP contribution in [0.4, 0.5) is 0 Å². The topological polar surface area (TPSA) is 20.2 Å². The van der Waals surface area contributed by atoms with Crippen LogP contribution in [0.1, 0.15) is 29.5 Å². The first-order valence-corrected chi connectivity index (χ1v) is 4.38. The second kappa shape index (κ2) is 4.24. The van der Waals surface area contributed by atoms with Gasteiger partial charge in [-0.05, 0) is 29.5 Å². The second-order valence-corrected chi connectivity index (χ2v) is 3.18. The maximum absolute atomic E-state index is 9.09. The Balaban J connectivity index is 3.27. The van der Waals surface area contributed by atoms with Crippen molar-refractivity contribution in [3.8, 4) is 0 Å². The van der Waals surface area contributed by atoms with E-state index in [0.717, 1.165) is 16.7 Å². The first-order chi connectivity index (χ1) is 6.20. The van der Waals surface area contributed by atoms with Crippen LogP contribution in [0.3, 0.4) is 0 Å². The molecule has 0 saturated carbocycles. The molecular weight excluding hydrogens is 160 g/mol. The summed E-state index contributed by atoms with van der Waals surface area (Å²) in [5.74, 6) is 0.222. The Morgan fingerprint density at radius 1 is 1.54 bits per heavy atom. The highest BCUT2D eigenvalue weighted by Gasteiger charge is 2.07. The number of benzene rings is 1.